The van der Waals surface area contributed by atoms with Crippen molar-refractivity contribution >= 4 is 15.9 Å². The Hall–Kier alpha value is -3.04. The summed E-state index contributed by atoms with van der Waals surface area (Å²) in [5.74, 6) is 0.249. The van der Waals surface area contributed by atoms with Gasteiger partial charge in [-0.2, -0.15) is 0 Å². The first kappa shape index (κ1) is 25.1. The largest absolute Gasteiger partial charge is 0.349 e. The number of rotatable bonds is 7. The fourth-order valence-electron chi connectivity index (χ4n) is 4.47. The molecule has 2 N–H and O–H groups in total. The average Bonchev–Trinajstić information content (AvgIpc) is 3.17. The summed E-state index contributed by atoms with van der Waals surface area (Å²) in [6, 6.07) is 12.4. The SMILES string of the molecule is Cc1cnc(-c2ccc(S(=O)(=O)N[C@H]3CC[C@H](C(=O)N[C@H](C)c4ccc(F)cc4)CC3)cc2)n1C. The maximum atomic E-state index is 13.1. The smallest absolute Gasteiger partial charge is 0.240 e. The molecule has 2 aromatic carbocycles. The van der Waals surface area contributed by atoms with E-state index in [0.717, 1.165) is 22.6 Å². The van der Waals surface area contributed by atoms with Crippen molar-refractivity contribution < 1.29 is 17.6 Å². The number of halogens is 1. The van der Waals surface area contributed by atoms with E-state index in [2.05, 4.69) is 15.0 Å². The highest BCUT2D eigenvalue weighted by atomic mass is 32.2. The summed E-state index contributed by atoms with van der Waals surface area (Å²) >= 11 is 0. The third-order valence-corrected chi connectivity index (χ3v) is 8.33. The lowest BCUT2D eigenvalue weighted by Gasteiger charge is -2.29. The van der Waals surface area contributed by atoms with Crippen LogP contribution in [-0.4, -0.2) is 29.9 Å². The highest BCUT2D eigenvalue weighted by Gasteiger charge is 2.29. The summed E-state index contributed by atoms with van der Waals surface area (Å²) in [7, 11) is -1.75. The molecule has 35 heavy (non-hydrogen) atoms. The number of aromatic nitrogens is 2. The van der Waals surface area contributed by atoms with Gasteiger partial charge < -0.3 is 9.88 Å². The second-order valence-corrected chi connectivity index (χ2v) is 11.0. The first-order valence-electron chi connectivity index (χ1n) is 11.8. The van der Waals surface area contributed by atoms with Crippen LogP contribution in [-0.2, 0) is 21.9 Å². The van der Waals surface area contributed by atoms with Crippen LogP contribution in [0.1, 0.15) is 49.9 Å². The number of carbonyl (C=O) groups is 1. The van der Waals surface area contributed by atoms with Crippen molar-refractivity contribution in [2.45, 2.75) is 56.5 Å². The van der Waals surface area contributed by atoms with E-state index >= 15 is 0 Å². The molecule has 4 rings (SSSR count). The fourth-order valence-corrected chi connectivity index (χ4v) is 5.78. The normalized spacial score (nSPS) is 19.3. The Morgan fingerprint density at radius 1 is 1.06 bits per heavy atom. The van der Waals surface area contributed by atoms with E-state index in [9.17, 15) is 17.6 Å². The molecule has 1 aliphatic carbocycles. The van der Waals surface area contributed by atoms with Gasteiger partial charge in [-0.05, 0) is 81.5 Å². The van der Waals surface area contributed by atoms with Crippen molar-refractivity contribution in [1.82, 2.24) is 19.6 Å². The highest BCUT2D eigenvalue weighted by molar-refractivity contribution is 7.89. The Labute approximate surface area is 205 Å². The van der Waals surface area contributed by atoms with Crippen molar-refractivity contribution in [3.8, 4) is 11.4 Å². The summed E-state index contributed by atoms with van der Waals surface area (Å²) in [5, 5.41) is 2.99. The molecule has 1 atom stereocenters. The van der Waals surface area contributed by atoms with Crippen molar-refractivity contribution in [2.24, 2.45) is 13.0 Å². The zero-order chi connectivity index (χ0) is 25.2. The molecule has 0 spiro atoms. The lowest BCUT2D eigenvalue weighted by molar-refractivity contribution is -0.126. The van der Waals surface area contributed by atoms with Gasteiger partial charge in [-0.1, -0.05) is 12.1 Å². The molecule has 1 aromatic heterocycles. The van der Waals surface area contributed by atoms with Gasteiger partial charge in [0, 0.05) is 36.5 Å². The molecule has 1 heterocycles. The van der Waals surface area contributed by atoms with E-state index in [1.165, 1.54) is 12.1 Å². The van der Waals surface area contributed by atoms with Crippen LogP contribution < -0.4 is 10.0 Å². The minimum absolute atomic E-state index is 0.0526. The number of imidazole rings is 1. The number of carbonyl (C=O) groups excluding carboxylic acids is 1. The second kappa shape index (κ2) is 10.3. The zero-order valence-electron chi connectivity index (χ0n) is 20.2. The van der Waals surface area contributed by atoms with Crippen LogP contribution in [0.5, 0.6) is 0 Å². The van der Waals surface area contributed by atoms with Gasteiger partial charge >= 0.3 is 0 Å². The molecule has 9 heteroatoms. The number of aryl methyl sites for hydroxylation is 1. The van der Waals surface area contributed by atoms with Gasteiger partial charge in [-0.25, -0.2) is 22.5 Å². The maximum Gasteiger partial charge on any atom is 0.240 e. The van der Waals surface area contributed by atoms with E-state index in [0.29, 0.717) is 25.7 Å². The van der Waals surface area contributed by atoms with E-state index in [4.69, 9.17) is 0 Å². The molecule has 1 aliphatic rings. The van der Waals surface area contributed by atoms with E-state index in [1.807, 2.05) is 25.5 Å². The minimum Gasteiger partial charge on any atom is -0.349 e. The summed E-state index contributed by atoms with van der Waals surface area (Å²) in [6.07, 6.45) is 4.17. The summed E-state index contributed by atoms with van der Waals surface area (Å²) in [6.45, 7) is 3.83. The van der Waals surface area contributed by atoms with Crippen LogP contribution in [0.25, 0.3) is 11.4 Å². The number of hydrogen-bond donors (Lipinski definition) is 2. The fraction of sp³-hybridized carbons (Fsp3) is 0.385. The molecular formula is C26H31FN4O3S. The first-order chi connectivity index (χ1) is 16.6. The third kappa shape index (κ3) is 5.79. The van der Waals surface area contributed by atoms with Crippen LogP contribution in [0.2, 0.25) is 0 Å². The van der Waals surface area contributed by atoms with Gasteiger partial charge in [-0.3, -0.25) is 4.79 Å². The molecule has 1 amide bonds. The van der Waals surface area contributed by atoms with Gasteiger partial charge in [0.25, 0.3) is 0 Å². The van der Waals surface area contributed by atoms with Crippen molar-refractivity contribution in [2.75, 3.05) is 0 Å². The molecule has 1 fully saturated rings. The molecule has 0 unspecified atom stereocenters. The molecule has 1 saturated carbocycles. The Kier molecular flexibility index (Phi) is 7.37. The highest BCUT2D eigenvalue weighted by Crippen LogP contribution is 2.27. The number of amides is 1. The van der Waals surface area contributed by atoms with E-state index in [1.54, 1.807) is 42.6 Å². The van der Waals surface area contributed by atoms with Gasteiger partial charge in [0.15, 0.2) is 0 Å². The molecule has 0 radical (unpaired) electrons. The average molecular weight is 499 g/mol. The number of nitrogens with one attached hydrogen (secondary N) is 2. The summed E-state index contributed by atoms with van der Waals surface area (Å²) < 4.78 is 43.7. The van der Waals surface area contributed by atoms with Crippen molar-refractivity contribution in [3.63, 3.8) is 0 Å². The summed E-state index contributed by atoms with van der Waals surface area (Å²) in [4.78, 5) is 17.3. The Morgan fingerprint density at radius 3 is 2.26 bits per heavy atom. The molecule has 186 valence electrons. The topological polar surface area (TPSA) is 93.1 Å². The number of hydrogen-bond acceptors (Lipinski definition) is 4. The van der Waals surface area contributed by atoms with Crippen LogP contribution >= 0.6 is 0 Å². The van der Waals surface area contributed by atoms with Crippen molar-refractivity contribution in [1.29, 1.82) is 0 Å². The van der Waals surface area contributed by atoms with Gasteiger partial charge in [0.2, 0.25) is 15.9 Å². The number of nitrogens with zero attached hydrogens (tertiary/aromatic N) is 2. The number of sulfonamides is 1. The molecule has 3 aromatic rings. The quantitative estimate of drug-likeness (QED) is 0.509. The van der Waals surface area contributed by atoms with Crippen LogP contribution in [0.4, 0.5) is 4.39 Å². The lowest BCUT2D eigenvalue weighted by Crippen LogP contribution is -2.41. The van der Waals surface area contributed by atoms with Crippen molar-refractivity contribution in [3.05, 3.63) is 71.8 Å². The second-order valence-electron chi connectivity index (χ2n) is 9.26. The molecule has 0 aliphatic heterocycles. The Bertz CT molecular complexity index is 1280. The van der Waals surface area contributed by atoms with Gasteiger partial charge in [0.05, 0.1) is 10.9 Å². The predicted octanol–water partition coefficient (Wildman–Crippen LogP) is 4.25. The van der Waals surface area contributed by atoms with E-state index in [-0.39, 0.29) is 34.6 Å². The lowest BCUT2D eigenvalue weighted by atomic mass is 9.85. The molecular weight excluding hydrogens is 467 g/mol. The Morgan fingerprint density at radius 2 is 1.69 bits per heavy atom. The number of benzene rings is 2. The minimum atomic E-state index is -3.67. The molecule has 0 saturated heterocycles. The molecule has 0 bridgehead atoms. The zero-order valence-corrected chi connectivity index (χ0v) is 21.0. The van der Waals surface area contributed by atoms with Crippen LogP contribution in [0, 0.1) is 18.7 Å². The van der Waals surface area contributed by atoms with E-state index < -0.39 is 10.0 Å². The maximum absolute atomic E-state index is 13.1. The third-order valence-electron chi connectivity index (χ3n) is 6.79. The van der Waals surface area contributed by atoms with Crippen LogP contribution in [0.3, 0.4) is 0 Å². The first-order valence-corrected chi connectivity index (χ1v) is 13.3. The van der Waals surface area contributed by atoms with Crippen LogP contribution in [0.15, 0.2) is 59.6 Å². The van der Waals surface area contributed by atoms with Gasteiger partial charge in [0.1, 0.15) is 11.6 Å². The monoisotopic (exact) mass is 498 g/mol. The summed E-state index contributed by atoms with van der Waals surface area (Å²) in [5.41, 5.74) is 2.71. The molecule has 7 nitrogen and oxygen atoms in total. The Balaban J connectivity index is 1.31. The standard InChI is InChI=1S/C26H31FN4O3S/c1-17-16-28-25(31(17)3)20-8-14-24(15-9-20)35(33,34)30-23-12-6-21(7-13-23)26(32)29-18(2)19-4-10-22(27)11-5-19/h4-5,8-11,14-16,18,21,23,30H,6-7,12-13H2,1-3H3,(H,29,32)/t18-,21-,23-/m1/s1. The predicted molar refractivity (Wildman–Crippen MR) is 132 cm³/mol. The van der Waals surface area contributed by atoms with Gasteiger partial charge in [-0.15, -0.1) is 0 Å².